The van der Waals surface area contributed by atoms with Crippen LogP contribution in [0.3, 0.4) is 0 Å². The molecule has 0 spiro atoms. The monoisotopic (exact) mass is 386 g/mol. The first-order chi connectivity index (χ1) is 13.5. The van der Waals surface area contributed by atoms with Gasteiger partial charge in [-0.05, 0) is 36.8 Å². The Bertz CT molecular complexity index is 904. The molecule has 1 aliphatic rings. The summed E-state index contributed by atoms with van der Waals surface area (Å²) in [7, 11) is 0. The van der Waals surface area contributed by atoms with Gasteiger partial charge in [0.25, 0.3) is 0 Å². The molecule has 0 radical (unpaired) electrons. The van der Waals surface area contributed by atoms with E-state index in [4.69, 9.17) is 0 Å². The van der Waals surface area contributed by atoms with E-state index in [0.717, 1.165) is 5.56 Å². The summed E-state index contributed by atoms with van der Waals surface area (Å²) in [6.45, 7) is 2.34. The van der Waals surface area contributed by atoms with Crippen molar-refractivity contribution in [3.63, 3.8) is 0 Å². The first-order valence-electron chi connectivity index (χ1n) is 8.95. The highest BCUT2D eigenvalue weighted by atomic mass is 19.1. The van der Waals surface area contributed by atoms with Crippen molar-refractivity contribution < 1.29 is 17.6 Å². The number of para-hydroxylation sites is 2. The second kappa shape index (κ2) is 7.19. The lowest BCUT2D eigenvalue weighted by molar-refractivity contribution is 0.552. The van der Waals surface area contributed by atoms with Crippen molar-refractivity contribution in [1.29, 1.82) is 0 Å². The number of hydrogen-bond donors (Lipinski definition) is 0. The molecule has 1 saturated heterocycles. The number of anilines is 2. The Morgan fingerprint density at radius 2 is 1.04 bits per heavy atom. The molecule has 28 heavy (non-hydrogen) atoms. The fourth-order valence-corrected chi connectivity index (χ4v) is 3.72. The van der Waals surface area contributed by atoms with Crippen LogP contribution >= 0.6 is 0 Å². The zero-order valence-electron chi connectivity index (χ0n) is 15.2. The van der Waals surface area contributed by atoms with Crippen LogP contribution < -0.4 is 9.80 Å². The van der Waals surface area contributed by atoms with Crippen molar-refractivity contribution >= 4 is 11.4 Å². The minimum Gasteiger partial charge on any atom is -0.341 e. The Morgan fingerprint density at radius 1 is 0.643 bits per heavy atom. The van der Waals surface area contributed by atoms with Crippen LogP contribution in [0.25, 0.3) is 0 Å². The Hall–Kier alpha value is -3.02. The van der Waals surface area contributed by atoms with Gasteiger partial charge >= 0.3 is 0 Å². The number of halogens is 4. The highest BCUT2D eigenvalue weighted by molar-refractivity contribution is 5.61. The van der Waals surface area contributed by atoms with Crippen LogP contribution in [0.2, 0.25) is 0 Å². The lowest BCUT2D eigenvalue weighted by Gasteiger charge is -2.33. The minimum atomic E-state index is -0.751. The average molecular weight is 386 g/mol. The number of hydrogen-bond acceptors (Lipinski definition) is 2. The van der Waals surface area contributed by atoms with Gasteiger partial charge in [-0.25, -0.2) is 17.6 Å². The predicted octanol–water partition coefficient (Wildman–Crippen LogP) is 5.58. The summed E-state index contributed by atoms with van der Waals surface area (Å²) in [4.78, 5) is 3.03. The molecule has 1 fully saturated rings. The first-order valence-corrected chi connectivity index (χ1v) is 8.95. The molecule has 3 aromatic carbocycles. The molecule has 0 saturated carbocycles. The van der Waals surface area contributed by atoms with E-state index in [0.29, 0.717) is 5.56 Å². The van der Waals surface area contributed by atoms with Gasteiger partial charge in [-0.1, -0.05) is 42.0 Å². The van der Waals surface area contributed by atoms with Crippen LogP contribution in [0.5, 0.6) is 0 Å². The van der Waals surface area contributed by atoms with Crippen molar-refractivity contribution in [2.45, 2.75) is 13.1 Å². The Balaban J connectivity index is 1.87. The molecule has 3 aromatic rings. The summed E-state index contributed by atoms with van der Waals surface area (Å²) in [5, 5.41) is 0. The van der Waals surface area contributed by atoms with E-state index in [1.54, 1.807) is 0 Å². The Morgan fingerprint density at radius 3 is 1.43 bits per heavy atom. The average Bonchev–Trinajstić information content (AvgIpc) is 3.06. The molecule has 1 aliphatic heterocycles. The molecule has 0 N–H and O–H groups in total. The van der Waals surface area contributed by atoms with Gasteiger partial charge in [-0.2, -0.15) is 0 Å². The van der Waals surface area contributed by atoms with Crippen LogP contribution in [0, 0.1) is 30.2 Å². The predicted molar refractivity (Wildman–Crippen MR) is 101 cm³/mol. The molecule has 1 heterocycles. The Kier molecular flexibility index (Phi) is 4.71. The number of rotatable bonds is 3. The summed E-state index contributed by atoms with van der Waals surface area (Å²) >= 11 is 0. The molecule has 2 nitrogen and oxygen atoms in total. The lowest BCUT2D eigenvalue weighted by atomic mass is 10.1. The van der Waals surface area contributed by atoms with Crippen LogP contribution in [0.15, 0.2) is 60.7 Å². The normalized spacial score (nSPS) is 14.8. The molecule has 0 aliphatic carbocycles. The van der Waals surface area contributed by atoms with Crippen molar-refractivity contribution in [3.05, 3.63) is 95.1 Å². The molecule has 6 heteroatoms. The van der Waals surface area contributed by atoms with Crippen LogP contribution in [-0.4, -0.2) is 13.1 Å². The molecule has 0 aromatic heterocycles. The third-order valence-electron chi connectivity index (χ3n) is 5.00. The van der Waals surface area contributed by atoms with Gasteiger partial charge in [0.2, 0.25) is 0 Å². The van der Waals surface area contributed by atoms with Gasteiger partial charge < -0.3 is 9.80 Å². The van der Waals surface area contributed by atoms with Crippen molar-refractivity contribution in [2.24, 2.45) is 0 Å². The molecule has 0 atom stereocenters. The zero-order chi connectivity index (χ0) is 19.8. The SMILES string of the molecule is Cc1ccc(C2N(c3c(F)cccc3F)CCN2c2c(F)cccc2F)cc1. The second-order valence-electron chi connectivity index (χ2n) is 6.81. The fourth-order valence-electron chi connectivity index (χ4n) is 3.72. The maximum Gasteiger partial charge on any atom is 0.149 e. The van der Waals surface area contributed by atoms with Gasteiger partial charge in [-0.3, -0.25) is 0 Å². The van der Waals surface area contributed by atoms with E-state index in [1.807, 2.05) is 31.2 Å². The molecule has 0 bridgehead atoms. The van der Waals surface area contributed by atoms with E-state index in [-0.39, 0.29) is 24.5 Å². The van der Waals surface area contributed by atoms with Crippen molar-refractivity contribution in [2.75, 3.05) is 22.9 Å². The van der Waals surface area contributed by atoms with Gasteiger partial charge in [0.05, 0.1) is 0 Å². The number of benzene rings is 3. The molecule has 0 unspecified atom stereocenters. The summed E-state index contributed by atoms with van der Waals surface area (Å²) in [6.07, 6.45) is -0.751. The van der Waals surface area contributed by atoms with Gasteiger partial charge in [0.1, 0.15) is 40.8 Å². The van der Waals surface area contributed by atoms with E-state index in [1.165, 1.54) is 46.2 Å². The zero-order valence-corrected chi connectivity index (χ0v) is 15.2. The molecular formula is C22H18F4N2. The van der Waals surface area contributed by atoms with Crippen LogP contribution in [0.4, 0.5) is 28.9 Å². The lowest BCUT2D eigenvalue weighted by Crippen LogP contribution is -2.33. The summed E-state index contributed by atoms with van der Waals surface area (Å²) in [5.74, 6) is -2.86. The highest BCUT2D eigenvalue weighted by Crippen LogP contribution is 2.41. The first kappa shape index (κ1) is 18.3. The Labute approximate surface area is 160 Å². The fraction of sp³-hybridized carbons (Fsp3) is 0.182. The molecular weight excluding hydrogens is 368 g/mol. The largest absolute Gasteiger partial charge is 0.341 e. The highest BCUT2D eigenvalue weighted by Gasteiger charge is 2.38. The maximum absolute atomic E-state index is 14.5. The van der Waals surface area contributed by atoms with E-state index < -0.39 is 29.4 Å². The quantitative estimate of drug-likeness (QED) is 0.543. The summed E-state index contributed by atoms with van der Waals surface area (Å²) in [5.41, 5.74) is 1.29. The maximum atomic E-state index is 14.5. The van der Waals surface area contributed by atoms with Crippen LogP contribution in [0.1, 0.15) is 17.3 Å². The van der Waals surface area contributed by atoms with Crippen LogP contribution in [-0.2, 0) is 0 Å². The summed E-state index contributed by atoms with van der Waals surface area (Å²) < 4.78 is 58.0. The van der Waals surface area contributed by atoms with E-state index in [9.17, 15) is 17.6 Å². The summed E-state index contributed by atoms with van der Waals surface area (Å²) in [6, 6.07) is 14.6. The van der Waals surface area contributed by atoms with Crippen molar-refractivity contribution in [1.82, 2.24) is 0 Å². The number of aryl methyl sites for hydroxylation is 1. The molecule has 144 valence electrons. The van der Waals surface area contributed by atoms with Gasteiger partial charge in [-0.15, -0.1) is 0 Å². The number of nitrogens with zero attached hydrogens (tertiary/aromatic N) is 2. The molecule has 4 rings (SSSR count). The second-order valence-corrected chi connectivity index (χ2v) is 6.81. The third-order valence-corrected chi connectivity index (χ3v) is 5.00. The van der Waals surface area contributed by atoms with Crippen molar-refractivity contribution in [3.8, 4) is 0 Å². The minimum absolute atomic E-state index is 0.202. The van der Waals surface area contributed by atoms with Gasteiger partial charge in [0, 0.05) is 13.1 Å². The van der Waals surface area contributed by atoms with Gasteiger partial charge in [0.15, 0.2) is 0 Å². The van der Waals surface area contributed by atoms with E-state index >= 15 is 0 Å². The smallest absolute Gasteiger partial charge is 0.149 e. The third kappa shape index (κ3) is 3.09. The standard InChI is InChI=1S/C22H18F4N2/c1-14-8-10-15(11-9-14)22-27(20-16(23)4-2-5-17(20)24)12-13-28(22)21-18(25)6-3-7-19(21)26/h2-11,22H,12-13H2,1H3. The van der Waals surface area contributed by atoms with E-state index in [2.05, 4.69) is 0 Å². The molecule has 0 amide bonds. The topological polar surface area (TPSA) is 6.48 Å².